The third-order valence-electron chi connectivity index (χ3n) is 1.28. The number of rotatable bonds is 5. The van der Waals surface area contributed by atoms with E-state index in [0.29, 0.717) is 0 Å². The highest BCUT2D eigenvalue weighted by molar-refractivity contribution is 4.93. The molecule has 0 aliphatic carbocycles. The molecular weight excluding hydrogens is 144 g/mol. The smallest absolute Gasteiger partial charge is 0.124 e. The molecule has 4 nitrogen and oxygen atoms in total. The summed E-state index contributed by atoms with van der Waals surface area (Å²) in [5.41, 5.74) is 0.918. The van der Waals surface area contributed by atoms with Crippen molar-refractivity contribution in [2.75, 3.05) is 20.3 Å². The van der Waals surface area contributed by atoms with E-state index in [0.717, 1.165) is 25.4 Å². The van der Waals surface area contributed by atoms with Crippen molar-refractivity contribution in [3.63, 3.8) is 0 Å². The monoisotopic (exact) mass is 156 g/mol. The molecule has 1 rings (SSSR count). The van der Waals surface area contributed by atoms with Crippen molar-refractivity contribution >= 4 is 0 Å². The van der Waals surface area contributed by atoms with Gasteiger partial charge in [-0.05, 0) is 0 Å². The molecule has 0 saturated carbocycles. The third kappa shape index (κ3) is 3.15. The fourth-order valence-corrected chi connectivity index (χ4v) is 0.719. The lowest BCUT2D eigenvalue weighted by molar-refractivity contribution is 0.199. The zero-order chi connectivity index (χ0) is 7.94. The highest BCUT2D eigenvalue weighted by atomic mass is 16.5. The van der Waals surface area contributed by atoms with Gasteiger partial charge in [-0.1, -0.05) is 5.16 Å². The van der Waals surface area contributed by atoms with Gasteiger partial charge in [-0.25, -0.2) is 0 Å². The quantitative estimate of drug-likeness (QED) is 0.627. The molecule has 1 heterocycles. The molecule has 1 aromatic heterocycles. The molecule has 1 aromatic rings. The van der Waals surface area contributed by atoms with Gasteiger partial charge in [0.05, 0.1) is 12.3 Å². The van der Waals surface area contributed by atoms with E-state index in [4.69, 9.17) is 4.74 Å². The average molecular weight is 156 g/mol. The molecule has 0 unspecified atom stereocenters. The van der Waals surface area contributed by atoms with Gasteiger partial charge in [0, 0.05) is 26.3 Å². The Morgan fingerprint density at radius 1 is 1.73 bits per heavy atom. The molecule has 0 spiro atoms. The molecule has 0 fully saturated rings. The van der Waals surface area contributed by atoms with E-state index in [1.807, 2.05) is 6.07 Å². The molecule has 1 N–H and O–H groups in total. The molecule has 0 aromatic carbocycles. The summed E-state index contributed by atoms with van der Waals surface area (Å²) < 4.78 is 9.51. The number of methoxy groups -OCH3 is 1. The van der Waals surface area contributed by atoms with Crippen molar-refractivity contribution in [1.82, 2.24) is 10.5 Å². The maximum Gasteiger partial charge on any atom is 0.124 e. The lowest BCUT2D eigenvalue weighted by Crippen LogP contribution is -2.18. The van der Waals surface area contributed by atoms with E-state index in [-0.39, 0.29) is 0 Å². The minimum Gasteiger partial charge on any atom is -0.383 e. The summed E-state index contributed by atoms with van der Waals surface area (Å²) >= 11 is 0. The van der Waals surface area contributed by atoms with Crippen molar-refractivity contribution < 1.29 is 9.26 Å². The van der Waals surface area contributed by atoms with Gasteiger partial charge in [-0.3, -0.25) is 0 Å². The summed E-state index contributed by atoms with van der Waals surface area (Å²) in [6.45, 7) is 2.29. The topological polar surface area (TPSA) is 47.3 Å². The number of ether oxygens (including phenoxy) is 1. The van der Waals surface area contributed by atoms with E-state index in [9.17, 15) is 0 Å². The predicted molar refractivity (Wildman–Crippen MR) is 40.1 cm³/mol. The van der Waals surface area contributed by atoms with E-state index < -0.39 is 0 Å². The Kier molecular flexibility index (Phi) is 3.64. The highest BCUT2D eigenvalue weighted by Gasteiger charge is 1.93. The summed E-state index contributed by atoms with van der Waals surface area (Å²) in [6, 6.07) is 1.83. The molecule has 4 heteroatoms. The van der Waals surface area contributed by atoms with Gasteiger partial charge < -0.3 is 14.6 Å². The second-order valence-electron chi connectivity index (χ2n) is 2.16. The van der Waals surface area contributed by atoms with Gasteiger partial charge >= 0.3 is 0 Å². The number of hydrogen-bond acceptors (Lipinski definition) is 4. The van der Waals surface area contributed by atoms with Gasteiger partial charge in [0.25, 0.3) is 0 Å². The van der Waals surface area contributed by atoms with Gasteiger partial charge in [-0.15, -0.1) is 0 Å². The normalized spacial score (nSPS) is 10.3. The summed E-state index contributed by atoms with van der Waals surface area (Å²) in [5, 5.41) is 6.88. The Morgan fingerprint density at radius 3 is 3.27 bits per heavy atom. The van der Waals surface area contributed by atoms with E-state index in [2.05, 4.69) is 15.0 Å². The fourth-order valence-electron chi connectivity index (χ4n) is 0.719. The van der Waals surface area contributed by atoms with Crippen molar-refractivity contribution in [3.05, 3.63) is 18.0 Å². The first-order valence-corrected chi connectivity index (χ1v) is 3.52. The number of nitrogens with zero attached hydrogens (tertiary/aromatic N) is 1. The Labute approximate surface area is 65.5 Å². The van der Waals surface area contributed by atoms with Gasteiger partial charge in [0.15, 0.2) is 0 Å². The van der Waals surface area contributed by atoms with Crippen LogP contribution in [0.4, 0.5) is 0 Å². The molecule has 0 bridgehead atoms. The highest BCUT2D eigenvalue weighted by Crippen LogP contribution is 1.91. The van der Waals surface area contributed by atoms with Crippen LogP contribution in [0.2, 0.25) is 0 Å². The van der Waals surface area contributed by atoms with Gasteiger partial charge in [-0.2, -0.15) is 0 Å². The van der Waals surface area contributed by atoms with E-state index in [1.165, 1.54) is 0 Å². The predicted octanol–water partition coefficient (Wildman–Crippen LogP) is 0.411. The lowest BCUT2D eigenvalue weighted by atomic mass is 10.4. The summed E-state index contributed by atoms with van der Waals surface area (Å²) in [4.78, 5) is 0. The number of nitrogens with one attached hydrogen (secondary N) is 1. The van der Waals surface area contributed by atoms with Crippen LogP contribution in [-0.4, -0.2) is 25.4 Å². The molecule has 0 aliphatic rings. The minimum absolute atomic E-state index is 0.720. The zero-order valence-corrected chi connectivity index (χ0v) is 6.54. The summed E-state index contributed by atoms with van der Waals surface area (Å²) in [5.74, 6) is 0. The van der Waals surface area contributed by atoms with Crippen LogP contribution in [0.5, 0.6) is 0 Å². The van der Waals surface area contributed by atoms with Crippen molar-refractivity contribution in [2.45, 2.75) is 6.54 Å². The van der Waals surface area contributed by atoms with E-state index in [1.54, 1.807) is 13.4 Å². The van der Waals surface area contributed by atoms with Crippen molar-refractivity contribution in [2.24, 2.45) is 0 Å². The Balaban J connectivity index is 2.04. The first kappa shape index (κ1) is 8.23. The molecule has 0 amide bonds. The molecule has 0 atom stereocenters. The van der Waals surface area contributed by atoms with Crippen molar-refractivity contribution in [1.29, 1.82) is 0 Å². The standard InChI is InChI=1S/C7H12N2O2/c1-10-5-3-8-6-7-2-4-11-9-7/h2,4,8H,3,5-6H2,1H3. The fraction of sp³-hybridized carbons (Fsp3) is 0.571. The second kappa shape index (κ2) is 4.87. The van der Waals surface area contributed by atoms with Gasteiger partial charge in [0.2, 0.25) is 0 Å². The largest absolute Gasteiger partial charge is 0.383 e. The van der Waals surface area contributed by atoms with Crippen LogP contribution in [0.1, 0.15) is 5.69 Å². The molecule has 62 valence electrons. The van der Waals surface area contributed by atoms with Crippen LogP contribution >= 0.6 is 0 Å². The first-order chi connectivity index (χ1) is 5.43. The maximum absolute atomic E-state index is 4.85. The Bertz CT molecular complexity index is 175. The molecular formula is C7H12N2O2. The summed E-state index contributed by atoms with van der Waals surface area (Å²) in [6.07, 6.45) is 1.56. The summed E-state index contributed by atoms with van der Waals surface area (Å²) in [7, 11) is 1.68. The van der Waals surface area contributed by atoms with Crippen LogP contribution in [0.15, 0.2) is 16.9 Å². The molecule has 0 saturated heterocycles. The second-order valence-corrected chi connectivity index (χ2v) is 2.16. The zero-order valence-electron chi connectivity index (χ0n) is 6.54. The lowest BCUT2D eigenvalue weighted by Gasteiger charge is -1.99. The molecule has 0 radical (unpaired) electrons. The number of aromatic nitrogens is 1. The van der Waals surface area contributed by atoms with Crippen LogP contribution < -0.4 is 5.32 Å². The first-order valence-electron chi connectivity index (χ1n) is 3.52. The minimum atomic E-state index is 0.720. The van der Waals surface area contributed by atoms with Crippen molar-refractivity contribution in [3.8, 4) is 0 Å². The van der Waals surface area contributed by atoms with Crippen LogP contribution in [0, 0.1) is 0 Å². The molecule has 11 heavy (non-hydrogen) atoms. The Morgan fingerprint density at radius 2 is 2.64 bits per heavy atom. The Hall–Kier alpha value is -0.870. The van der Waals surface area contributed by atoms with Crippen LogP contribution in [-0.2, 0) is 11.3 Å². The van der Waals surface area contributed by atoms with E-state index >= 15 is 0 Å². The SMILES string of the molecule is COCCNCc1ccon1. The van der Waals surface area contributed by atoms with Crippen LogP contribution in [0.3, 0.4) is 0 Å². The van der Waals surface area contributed by atoms with Gasteiger partial charge in [0.1, 0.15) is 6.26 Å². The number of hydrogen-bond donors (Lipinski definition) is 1. The maximum atomic E-state index is 4.85. The average Bonchev–Trinajstić information content (AvgIpc) is 2.50. The van der Waals surface area contributed by atoms with Crippen LogP contribution in [0.25, 0.3) is 0 Å². The molecule has 0 aliphatic heterocycles. The third-order valence-corrected chi connectivity index (χ3v) is 1.28.